The summed E-state index contributed by atoms with van der Waals surface area (Å²) in [5.41, 5.74) is 1.47. The molecule has 4 rings (SSSR count). The molecule has 1 aliphatic heterocycles. The first-order valence-electron chi connectivity index (χ1n) is 17.9. The number of benzene rings is 3. The van der Waals surface area contributed by atoms with Crippen molar-refractivity contribution in [3.8, 4) is 11.5 Å². The number of rotatable bonds is 23. The minimum Gasteiger partial charge on any atom is -0.491 e. The summed E-state index contributed by atoms with van der Waals surface area (Å²) in [5, 5.41) is 10.6. The molecule has 3 aromatic rings. The third-order valence-electron chi connectivity index (χ3n) is 7.88. The van der Waals surface area contributed by atoms with E-state index in [0.29, 0.717) is 38.2 Å². The van der Waals surface area contributed by atoms with E-state index < -0.39 is 42.6 Å². The largest absolute Gasteiger partial charge is 0.491 e. The maximum Gasteiger partial charge on any atom is 0.339 e. The summed E-state index contributed by atoms with van der Waals surface area (Å²) >= 11 is 0. The van der Waals surface area contributed by atoms with Crippen molar-refractivity contribution in [2.75, 3.05) is 52.9 Å². The van der Waals surface area contributed by atoms with Gasteiger partial charge in [0.1, 0.15) is 56.7 Å². The highest BCUT2D eigenvalue weighted by Gasteiger charge is 2.25. The van der Waals surface area contributed by atoms with E-state index in [1.807, 2.05) is 36.4 Å². The van der Waals surface area contributed by atoms with E-state index >= 15 is 0 Å². The number of hydrogen-bond donors (Lipinski definition) is 1. The molecule has 3 aromatic carbocycles. The molecule has 0 spiro atoms. The van der Waals surface area contributed by atoms with Crippen LogP contribution < -0.4 is 9.47 Å². The molecule has 0 saturated carbocycles. The molecular formula is C41H46O14. The van der Waals surface area contributed by atoms with Crippen molar-refractivity contribution in [1.29, 1.82) is 0 Å². The predicted octanol–water partition coefficient (Wildman–Crippen LogP) is 4.67. The van der Waals surface area contributed by atoms with Crippen LogP contribution in [0.4, 0.5) is 0 Å². The van der Waals surface area contributed by atoms with E-state index in [2.05, 4.69) is 6.58 Å². The highest BCUT2D eigenvalue weighted by atomic mass is 16.6. The number of hydrogen-bond acceptors (Lipinski definition) is 14. The van der Waals surface area contributed by atoms with Crippen LogP contribution >= 0.6 is 0 Å². The van der Waals surface area contributed by atoms with Gasteiger partial charge in [0.05, 0.1) is 42.4 Å². The lowest BCUT2D eigenvalue weighted by molar-refractivity contribution is -0.148. The highest BCUT2D eigenvalue weighted by molar-refractivity contribution is 6.05. The average Bonchev–Trinajstić information content (AvgIpc) is 4.03. The fourth-order valence-electron chi connectivity index (χ4n) is 4.77. The van der Waals surface area contributed by atoms with Gasteiger partial charge in [0, 0.05) is 12.5 Å². The first-order chi connectivity index (χ1) is 26.5. The van der Waals surface area contributed by atoms with Gasteiger partial charge >= 0.3 is 29.8 Å². The number of carbonyl (C=O) groups excluding carboxylic acids is 5. The van der Waals surface area contributed by atoms with Gasteiger partial charge in [0.2, 0.25) is 0 Å². The van der Waals surface area contributed by atoms with Gasteiger partial charge in [0.25, 0.3) is 0 Å². The van der Waals surface area contributed by atoms with Crippen LogP contribution in [0.15, 0.2) is 79.4 Å². The van der Waals surface area contributed by atoms with Gasteiger partial charge in [-0.05, 0) is 60.4 Å². The number of carbonyl (C=O) groups is 5. The number of para-hydroxylation sites is 1. The van der Waals surface area contributed by atoms with Crippen LogP contribution in [-0.4, -0.2) is 100 Å². The molecule has 0 aliphatic carbocycles. The van der Waals surface area contributed by atoms with Gasteiger partial charge in [-0.15, -0.1) is 0 Å². The van der Waals surface area contributed by atoms with E-state index in [0.717, 1.165) is 29.0 Å². The molecule has 1 N–H and O–H groups in total. The summed E-state index contributed by atoms with van der Waals surface area (Å²) in [6, 6.07) is 18.7. The zero-order chi connectivity index (χ0) is 39.6. The van der Waals surface area contributed by atoms with Gasteiger partial charge in [-0.2, -0.15) is 0 Å². The number of ether oxygens (including phenoxy) is 8. The standard InChI is InChI=1S/C41H46O14/c1-4-37(43)48-17-7-8-18-49-40(46)34-16-13-30(39(45)51-20-19-50-38(44)27(2)3)22-35(34)41(47)55-24-31(42)23-52-32-14-11-28(12-15-32)21-29-9-5-6-10-36(29)54-26-33-25-53-33/h4-6,9-16,22,27,31,33,42H,1,7-8,17-21,23-26H2,2-3H3. The quantitative estimate of drug-likeness (QED) is 0.0462. The van der Waals surface area contributed by atoms with Gasteiger partial charge in [-0.3, -0.25) is 4.79 Å². The first-order valence-corrected chi connectivity index (χ1v) is 17.9. The average molecular weight is 763 g/mol. The Hall–Kier alpha value is -5.73. The molecule has 14 heteroatoms. The summed E-state index contributed by atoms with van der Waals surface area (Å²) in [6.45, 7) is 6.82. The molecule has 0 radical (unpaired) electrons. The molecule has 1 saturated heterocycles. The van der Waals surface area contributed by atoms with Crippen molar-refractivity contribution in [2.45, 2.75) is 45.3 Å². The number of esters is 5. The van der Waals surface area contributed by atoms with Crippen molar-refractivity contribution >= 4 is 29.8 Å². The molecule has 0 amide bonds. The second kappa shape index (κ2) is 21.8. The molecule has 0 bridgehead atoms. The SMILES string of the molecule is C=CC(=O)OCCCCOC(=O)c1ccc(C(=O)OCCOC(=O)C(C)C)cc1C(=O)OCC(O)COc1ccc(Cc2ccccc2OCC2CO2)cc1. The minimum atomic E-state index is -1.24. The van der Waals surface area contributed by atoms with E-state index in [9.17, 15) is 29.1 Å². The van der Waals surface area contributed by atoms with Crippen LogP contribution in [0, 0.1) is 5.92 Å². The zero-order valence-corrected chi connectivity index (χ0v) is 30.9. The number of aliphatic hydroxyl groups excluding tert-OH is 1. The van der Waals surface area contributed by atoms with Crippen LogP contribution in [-0.2, 0) is 44.4 Å². The fraction of sp³-hybridized carbons (Fsp3) is 0.390. The van der Waals surface area contributed by atoms with Crippen LogP contribution in [0.25, 0.3) is 0 Å². The zero-order valence-electron chi connectivity index (χ0n) is 30.9. The molecule has 2 atom stereocenters. The summed E-state index contributed by atoms with van der Waals surface area (Å²) in [5.74, 6) is -2.81. The lowest BCUT2D eigenvalue weighted by atomic mass is 10.0. The van der Waals surface area contributed by atoms with Gasteiger partial charge < -0.3 is 43.0 Å². The molecular weight excluding hydrogens is 716 g/mol. The maximum absolute atomic E-state index is 13.3. The molecule has 294 valence electrons. The third-order valence-corrected chi connectivity index (χ3v) is 7.88. The van der Waals surface area contributed by atoms with Gasteiger partial charge in [-0.1, -0.05) is 50.8 Å². The monoisotopic (exact) mass is 762 g/mol. The Balaban J connectivity index is 1.31. The normalized spacial score (nSPS) is 13.6. The van der Waals surface area contributed by atoms with E-state index in [4.69, 9.17) is 37.9 Å². The lowest BCUT2D eigenvalue weighted by Gasteiger charge is -2.15. The molecule has 1 aliphatic rings. The summed E-state index contributed by atoms with van der Waals surface area (Å²) < 4.78 is 42.5. The molecule has 55 heavy (non-hydrogen) atoms. The molecule has 1 fully saturated rings. The lowest BCUT2D eigenvalue weighted by Crippen LogP contribution is -2.26. The number of epoxide rings is 1. The Morgan fingerprint density at radius 1 is 0.782 bits per heavy atom. The van der Waals surface area contributed by atoms with Crippen molar-refractivity contribution < 1.29 is 67.0 Å². The molecule has 1 heterocycles. The van der Waals surface area contributed by atoms with Gasteiger partial charge in [0.15, 0.2) is 0 Å². The van der Waals surface area contributed by atoms with E-state index in [1.165, 1.54) is 12.1 Å². The fourth-order valence-corrected chi connectivity index (χ4v) is 4.77. The predicted molar refractivity (Wildman–Crippen MR) is 196 cm³/mol. The van der Waals surface area contributed by atoms with Crippen LogP contribution in [0.3, 0.4) is 0 Å². The Morgan fingerprint density at radius 3 is 2.16 bits per heavy atom. The second-order valence-corrected chi connectivity index (χ2v) is 12.7. The first kappa shape index (κ1) is 42.0. The topological polar surface area (TPSA) is 183 Å². The van der Waals surface area contributed by atoms with E-state index in [1.54, 1.807) is 26.0 Å². The minimum absolute atomic E-state index is 0.0488. The summed E-state index contributed by atoms with van der Waals surface area (Å²) in [4.78, 5) is 61.8. The Bertz CT molecular complexity index is 1760. The maximum atomic E-state index is 13.3. The highest BCUT2D eigenvalue weighted by Crippen LogP contribution is 2.24. The van der Waals surface area contributed by atoms with Crippen LogP contribution in [0.5, 0.6) is 11.5 Å². The third kappa shape index (κ3) is 14.6. The van der Waals surface area contributed by atoms with Crippen molar-refractivity contribution in [3.63, 3.8) is 0 Å². The van der Waals surface area contributed by atoms with Crippen LogP contribution in [0.2, 0.25) is 0 Å². The van der Waals surface area contributed by atoms with Crippen LogP contribution in [0.1, 0.15) is 68.9 Å². The molecule has 14 nitrogen and oxygen atoms in total. The summed E-state index contributed by atoms with van der Waals surface area (Å²) in [6.07, 6.45) is 1.35. The smallest absolute Gasteiger partial charge is 0.339 e. The Morgan fingerprint density at radius 2 is 1.45 bits per heavy atom. The van der Waals surface area contributed by atoms with E-state index in [-0.39, 0.29) is 61.7 Å². The Labute approximate surface area is 319 Å². The number of unbranched alkanes of at least 4 members (excludes halogenated alkanes) is 1. The molecule has 0 aromatic heterocycles. The summed E-state index contributed by atoms with van der Waals surface area (Å²) in [7, 11) is 0. The molecule has 2 unspecified atom stereocenters. The Kier molecular flexibility index (Phi) is 16.7. The van der Waals surface area contributed by atoms with Crippen molar-refractivity contribution in [1.82, 2.24) is 0 Å². The van der Waals surface area contributed by atoms with Crippen molar-refractivity contribution in [3.05, 3.63) is 107 Å². The second-order valence-electron chi connectivity index (χ2n) is 12.7. The van der Waals surface area contributed by atoms with Gasteiger partial charge in [-0.25, -0.2) is 19.2 Å². The van der Waals surface area contributed by atoms with Crippen molar-refractivity contribution in [2.24, 2.45) is 5.92 Å². The number of aliphatic hydroxyl groups is 1.